The Morgan fingerprint density at radius 1 is 1.67 bits per heavy atom. The summed E-state index contributed by atoms with van der Waals surface area (Å²) in [5.74, 6) is -0.111. The lowest BCUT2D eigenvalue weighted by Gasteiger charge is -2.23. The van der Waals surface area contributed by atoms with Gasteiger partial charge in [0.25, 0.3) is 0 Å². The van der Waals surface area contributed by atoms with Gasteiger partial charge in [0.2, 0.25) is 5.72 Å². The molecular formula is C11H14N6O7. The number of aliphatic hydroxyl groups excluding tert-OH is 3. The molecule has 1 aliphatic rings. The number of ether oxygens (including phenoxy) is 2. The summed E-state index contributed by atoms with van der Waals surface area (Å²) < 4.78 is 10.4. The van der Waals surface area contributed by atoms with Gasteiger partial charge in [-0.25, -0.2) is 9.59 Å². The van der Waals surface area contributed by atoms with E-state index in [-0.39, 0.29) is 5.82 Å². The van der Waals surface area contributed by atoms with Gasteiger partial charge in [0, 0.05) is 11.1 Å². The van der Waals surface area contributed by atoms with Crippen molar-refractivity contribution in [1.29, 1.82) is 0 Å². The second-order valence-corrected chi connectivity index (χ2v) is 4.76. The Kier molecular flexibility index (Phi) is 5.02. The molecular weight excluding hydrogens is 328 g/mol. The molecule has 0 aliphatic carbocycles. The summed E-state index contributed by atoms with van der Waals surface area (Å²) in [7, 11) is 1.13. The number of carbonyl (C=O) groups excluding carboxylic acids is 1. The SMILES string of the molecule is COC(=O)Nc1ccn([C@H]2O[C@@](CO)(N=[N+]=[N-])[C@@H](O)[C@H]2O)c(=O)n1. The lowest BCUT2D eigenvalue weighted by atomic mass is 10.1. The maximum atomic E-state index is 12.0. The molecule has 1 amide bonds. The van der Waals surface area contributed by atoms with Gasteiger partial charge in [-0.05, 0) is 11.6 Å². The number of nitrogens with zero attached hydrogens (tertiary/aromatic N) is 5. The fourth-order valence-electron chi connectivity index (χ4n) is 2.15. The summed E-state index contributed by atoms with van der Waals surface area (Å²) in [6, 6.07) is 1.22. The molecule has 130 valence electrons. The van der Waals surface area contributed by atoms with Crippen LogP contribution in [0.4, 0.5) is 10.6 Å². The zero-order valence-electron chi connectivity index (χ0n) is 12.3. The van der Waals surface area contributed by atoms with Gasteiger partial charge in [0.1, 0.15) is 18.0 Å². The van der Waals surface area contributed by atoms with E-state index in [9.17, 15) is 24.9 Å². The number of aromatic nitrogens is 2. The van der Waals surface area contributed by atoms with Crippen LogP contribution in [-0.4, -0.2) is 62.6 Å². The lowest BCUT2D eigenvalue weighted by molar-refractivity contribution is -0.125. The predicted molar refractivity (Wildman–Crippen MR) is 75.6 cm³/mol. The van der Waals surface area contributed by atoms with Gasteiger partial charge in [0.15, 0.2) is 6.23 Å². The Hall–Kier alpha value is -2.70. The average Bonchev–Trinajstić information content (AvgIpc) is 2.81. The van der Waals surface area contributed by atoms with E-state index in [1.807, 2.05) is 0 Å². The molecule has 0 saturated carbocycles. The Labute approximate surface area is 133 Å². The molecule has 1 fully saturated rings. The Morgan fingerprint density at radius 2 is 2.38 bits per heavy atom. The zero-order chi connectivity index (χ0) is 17.9. The molecule has 0 unspecified atom stereocenters. The number of hydrogen-bond acceptors (Lipinski definition) is 9. The van der Waals surface area contributed by atoms with Crippen LogP contribution in [0.3, 0.4) is 0 Å². The van der Waals surface area contributed by atoms with Crippen LogP contribution >= 0.6 is 0 Å². The minimum Gasteiger partial charge on any atom is -0.453 e. The number of carbonyl (C=O) groups is 1. The Morgan fingerprint density at radius 3 is 2.92 bits per heavy atom. The van der Waals surface area contributed by atoms with Crippen LogP contribution in [0.2, 0.25) is 0 Å². The van der Waals surface area contributed by atoms with E-state index in [0.717, 1.165) is 17.9 Å². The van der Waals surface area contributed by atoms with Crippen molar-refractivity contribution in [1.82, 2.24) is 9.55 Å². The summed E-state index contributed by atoms with van der Waals surface area (Å²) in [6.07, 6.45) is -4.63. The van der Waals surface area contributed by atoms with Crippen molar-refractivity contribution < 1.29 is 29.6 Å². The number of aliphatic hydroxyl groups is 3. The normalized spacial score (nSPS) is 28.9. The van der Waals surface area contributed by atoms with E-state index in [1.165, 1.54) is 6.07 Å². The van der Waals surface area contributed by atoms with Gasteiger partial charge in [-0.15, -0.1) is 0 Å². The fourth-order valence-corrected chi connectivity index (χ4v) is 2.15. The van der Waals surface area contributed by atoms with Gasteiger partial charge in [-0.2, -0.15) is 4.98 Å². The zero-order valence-corrected chi connectivity index (χ0v) is 12.3. The molecule has 4 atom stereocenters. The Bertz CT molecular complexity index is 732. The molecule has 1 aliphatic heterocycles. The first kappa shape index (κ1) is 17.7. The number of nitrogens with one attached hydrogen (secondary N) is 1. The van der Waals surface area contributed by atoms with Gasteiger partial charge in [-0.1, -0.05) is 5.11 Å². The molecule has 0 bridgehead atoms. The van der Waals surface area contributed by atoms with Crippen LogP contribution in [0.15, 0.2) is 22.2 Å². The molecule has 0 radical (unpaired) electrons. The van der Waals surface area contributed by atoms with E-state index in [1.54, 1.807) is 0 Å². The minimum atomic E-state index is -2.14. The largest absolute Gasteiger partial charge is 0.453 e. The number of hydrogen-bond donors (Lipinski definition) is 4. The van der Waals surface area contributed by atoms with E-state index in [2.05, 4.69) is 25.1 Å². The number of amides is 1. The monoisotopic (exact) mass is 342 g/mol. The third-order valence-corrected chi connectivity index (χ3v) is 3.36. The highest BCUT2D eigenvalue weighted by Crippen LogP contribution is 2.37. The fraction of sp³-hybridized carbons (Fsp3) is 0.545. The molecule has 0 aromatic carbocycles. The maximum Gasteiger partial charge on any atom is 0.412 e. The van der Waals surface area contributed by atoms with Crippen LogP contribution < -0.4 is 11.0 Å². The third kappa shape index (κ3) is 3.02. The molecule has 13 heteroatoms. The van der Waals surface area contributed by atoms with E-state index >= 15 is 0 Å². The number of rotatable bonds is 4. The van der Waals surface area contributed by atoms with Gasteiger partial charge in [0.05, 0.1) is 13.7 Å². The van der Waals surface area contributed by atoms with E-state index in [4.69, 9.17) is 10.3 Å². The molecule has 0 spiro atoms. The molecule has 2 rings (SSSR count). The van der Waals surface area contributed by atoms with E-state index < -0.39 is 42.6 Å². The summed E-state index contributed by atoms with van der Waals surface area (Å²) in [5.41, 5.74) is 5.45. The van der Waals surface area contributed by atoms with Crippen molar-refractivity contribution in [3.05, 3.63) is 33.2 Å². The van der Waals surface area contributed by atoms with E-state index in [0.29, 0.717) is 0 Å². The summed E-state index contributed by atoms with van der Waals surface area (Å²) >= 11 is 0. The van der Waals surface area contributed by atoms with Gasteiger partial charge in [-0.3, -0.25) is 9.88 Å². The molecule has 24 heavy (non-hydrogen) atoms. The first-order valence-corrected chi connectivity index (χ1v) is 6.53. The second-order valence-electron chi connectivity index (χ2n) is 4.76. The van der Waals surface area contributed by atoms with Crippen LogP contribution in [0, 0.1) is 0 Å². The van der Waals surface area contributed by atoms with Crippen LogP contribution in [0.5, 0.6) is 0 Å². The van der Waals surface area contributed by atoms with Crippen LogP contribution in [0.25, 0.3) is 10.4 Å². The molecule has 13 nitrogen and oxygen atoms in total. The summed E-state index contributed by atoms with van der Waals surface area (Å²) in [6.45, 7) is -0.921. The highest BCUT2D eigenvalue weighted by molar-refractivity contribution is 5.82. The van der Waals surface area contributed by atoms with Crippen molar-refractivity contribution in [3.8, 4) is 0 Å². The van der Waals surface area contributed by atoms with Crippen molar-refractivity contribution >= 4 is 11.9 Å². The smallest absolute Gasteiger partial charge is 0.412 e. The predicted octanol–water partition coefficient (Wildman–Crippen LogP) is -1.33. The lowest BCUT2D eigenvalue weighted by Crippen LogP contribution is -2.44. The molecule has 1 saturated heterocycles. The standard InChI is InChI=1S/C11H14N6O7/c1-23-10(22)14-5-2-3-17(9(21)13-5)8-6(19)7(20)11(4-18,24-8)15-16-12/h2-3,6-8,18-20H,4H2,1H3,(H,13,14,21,22)/t6-,7+,8+,11-/m1/s1. The molecule has 1 aromatic rings. The van der Waals surface area contributed by atoms with Crippen molar-refractivity contribution in [2.75, 3.05) is 19.0 Å². The average molecular weight is 342 g/mol. The molecule has 1 aromatic heterocycles. The van der Waals surface area contributed by atoms with Crippen molar-refractivity contribution in [2.24, 2.45) is 5.11 Å². The first-order valence-electron chi connectivity index (χ1n) is 6.53. The summed E-state index contributed by atoms with van der Waals surface area (Å²) in [4.78, 5) is 29.1. The maximum absolute atomic E-state index is 12.0. The molecule has 2 heterocycles. The van der Waals surface area contributed by atoms with Crippen LogP contribution in [0.1, 0.15) is 6.23 Å². The highest BCUT2D eigenvalue weighted by atomic mass is 16.6. The van der Waals surface area contributed by atoms with Gasteiger partial charge >= 0.3 is 11.8 Å². The number of anilines is 1. The third-order valence-electron chi connectivity index (χ3n) is 3.36. The highest BCUT2D eigenvalue weighted by Gasteiger charge is 2.54. The van der Waals surface area contributed by atoms with Crippen LogP contribution in [-0.2, 0) is 9.47 Å². The topological polar surface area (TPSA) is 192 Å². The molecule has 4 N–H and O–H groups in total. The van der Waals surface area contributed by atoms with Crippen molar-refractivity contribution in [3.63, 3.8) is 0 Å². The Balaban J connectivity index is 2.33. The number of methoxy groups -OCH3 is 1. The first-order chi connectivity index (χ1) is 11.4. The second kappa shape index (κ2) is 6.82. The quantitative estimate of drug-likeness (QED) is 0.293. The van der Waals surface area contributed by atoms with Crippen molar-refractivity contribution in [2.45, 2.75) is 24.2 Å². The minimum absolute atomic E-state index is 0.111. The van der Waals surface area contributed by atoms with Gasteiger partial charge < -0.3 is 24.8 Å². The number of azide groups is 1. The summed E-state index contributed by atoms with van der Waals surface area (Å²) in [5, 5.41) is 34.6.